The van der Waals surface area contributed by atoms with Gasteiger partial charge in [-0.05, 0) is 23.9 Å². The van der Waals surface area contributed by atoms with E-state index in [1.54, 1.807) is 0 Å². The summed E-state index contributed by atoms with van der Waals surface area (Å²) in [4.78, 5) is 17.8. The molecule has 1 saturated heterocycles. The Balaban J connectivity index is 2.20. The Kier molecular flexibility index (Phi) is 2.97. The van der Waals surface area contributed by atoms with Gasteiger partial charge in [-0.15, -0.1) is 5.10 Å². The first-order valence-corrected chi connectivity index (χ1v) is 5.74. The molecule has 0 spiro atoms. The molecule has 2 rings (SSSR count). The minimum absolute atomic E-state index is 0.105. The van der Waals surface area contributed by atoms with Crippen molar-refractivity contribution in [2.45, 2.75) is 26.2 Å². The van der Waals surface area contributed by atoms with Crippen molar-refractivity contribution >= 4 is 17.4 Å². The van der Waals surface area contributed by atoms with Gasteiger partial charge in [0.25, 0.3) is 5.91 Å². The summed E-state index contributed by atoms with van der Waals surface area (Å²) in [5.74, 6) is 0.108. The van der Waals surface area contributed by atoms with Gasteiger partial charge in [0.05, 0.1) is 18.8 Å². The molecule has 5 nitrogen and oxygen atoms in total. The largest absolute Gasteiger partial charge is 0.291 e. The number of amides is 1. The van der Waals surface area contributed by atoms with Crippen molar-refractivity contribution in [2.75, 3.05) is 13.2 Å². The summed E-state index contributed by atoms with van der Waals surface area (Å²) in [6.45, 7) is 5.28. The molecule has 0 aromatic carbocycles. The van der Waals surface area contributed by atoms with Crippen LogP contribution in [-0.2, 0) is 4.84 Å². The minimum atomic E-state index is -0.105. The van der Waals surface area contributed by atoms with Crippen molar-refractivity contribution in [1.29, 1.82) is 0 Å². The summed E-state index contributed by atoms with van der Waals surface area (Å²) in [6.07, 6.45) is 0.898. The van der Waals surface area contributed by atoms with Crippen LogP contribution in [0.2, 0.25) is 0 Å². The van der Waals surface area contributed by atoms with Crippen molar-refractivity contribution < 1.29 is 9.63 Å². The molecule has 1 fully saturated rings. The molecule has 15 heavy (non-hydrogen) atoms. The summed E-state index contributed by atoms with van der Waals surface area (Å²) in [6, 6.07) is 0. The third kappa shape index (κ3) is 2.00. The second kappa shape index (κ2) is 4.24. The molecule has 1 amide bonds. The fourth-order valence-corrected chi connectivity index (χ4v) is 2.20. The Bertz CT molecular complexity index is 358. The Hall–Kier alpha value is -1.01. The van der Waals surface area contributed by atoms with E-state index < -0.39 is 0 Å². The zero-order valence-electron chi connectivity index (χ0n) is 8.77. The molecule has 1 aromatic heterocycles. The summed E-state index contributed by atoms with van der Waals surface area (Å²) in [5, 5.41) is 5.38. The lowest BCUT2D eigenvalue weighted by atomic mass is 10.1. The summed E-state index contributed by atoms with van der Waals surface area (Å²) < 4.78 is 3.82. The van der Waals surface area contributed by atoms with Gasteiger partial charge in [0.15, 0.2) is 0 Å². The topological polar surface area (TPSA) is 55.3 Å². The fraction of sp³-hybridized carbons (Fsp3) is 0.667. The van der Waals surface area contributed by atoms with E-state index in [4.69, 9.17) is 4.84 Å². The minimum Gasteiger partial charge on any atom is -0.271 e. The molecule has 1 aliphatic rings. The standard InChI is InChI=1S/C9H13N3O2S/c1-6(2)7-8(15-11-10-7)9(13)12-4-3-5-14-12/h6H,3-5H2,1-2H3. The lowest BCUT2D eigenvalue weighted by Crippen LogP contribution is -2.26. The average molecular weight is 227 g/mol. The molecule has 2 heterocycles. The Morgan fingerprint density at radius 1 is 1.60 bits per heavy atom. The molecule has 0 aliphatic carbocycles. The maximum atomic E-state index is 12.0. The summed E-state index contributed by atoms with van der Waals surface area (Å²) >= 11 is 1.14. The SMILES string of the molecule is CC(C)c1nnsc1C(=O)N1CCCO1. The maximum Gasteiger partial charge on any atom is 0.291 e. The lowest BCUT2D eigenvalue weighted by molar-refractivity contribution is -0.0766. The molecule has 0 unspecified atom stereocenters. The van der Waals surface area contributed by atoms with Crippen molar-refractivity contribution in [3.05, 3.63) is 10.6 Å². The number of rotatable bonds is 2. The Morgan fingerprint density at radius 3 is 3.00 bits per heavy atom. The van der Waals surface area contributed by atoms with E-state index in [0.29, 0.717) is 18.0 Å². The van der Waals surface area contributed by atoms with Gasteiger partial charge in [0, 0.05) is 0 Å². The van der Waals surface area contributed by atoms with Crippen LogP contribution in [0.1, 0.15) is 41.6 Å². The molecule has 82 valence electrons. The molecular weight excluding hydrogens is 214 g/mol. The van der Waals surface area contributed by atoms with Crippen LogP contribution in [0.3, 0.4) is 0 Å². The van der Waals surface area contributed by atoms with E-state index in [1.165, 1.54) is 5.06 Å². The van der Waals surface area contributed by atoms with E-state index >= 15 is 0 Å². The van der Waals surface area contributed by atoms with Crippen LogP contribution in [0.4, 0.5) is 0 Å². The quantitative estimate of drug-likeness (QED) is 0.767. The van der Waals surface area contributed by atoms with Crippen molar-refractivity contribution in [3.8, 4) is 0 Å². The molecule has 0 atom stereocenters. The van der Waals surface area contributed by atoms with Crippen molar-refractivity contribution in [3.63, 3.8) is 0 Å². The normalized spacial score (nSPS) is 16.3. The highest BCUT2D eigenvalue weighted by Crippen LogP contribution is 2.22. The van der Waals surface area contributed by atoms with Crippen LogP contribution >= 0.6 is 11.5 Å². The van der Waals surface area contributed by atoms with Crippen LogP contribution < -0.4 is 0 Å². The molecular formula is C9H13N3O2S. The van der Waals surface area contributed by atoms with Crippen LogP contribution in [0.25, 0.3) is 0 Å². The maximum absolute atomic E-state index is 12.0. The van der Waals surface area contributed by atoms with Crippen LogP contribution in [0, 0.1) is 0 Å². The summed E-state index contributed by atoms with van der Waals surface area (Å²) in [7, 11) is 0. The number of hydroxylamine groups is 2. The van der Waals surface area contributed by atoms with Crippen LogP contribution in [0.5, 0.6) is 0 Å². The molecule has 6 heteroatoms. The second-order valence-electron chi connectivity index (χ2n) is 3.74. The lowest BCUT2D eigenvalue weighted by Gasteiger charge is -2.13. The number of carbonyl (C=O) groups excluding carboxylic acids is 1. The van der Waals surface area contributed by atoms with Gasteiger partial charge in [-0.3, -0.25) is 9.63 Å². The van der Waals surface area contributed by atoms with E-state index in [1.807, 2.05) is 13.8 Å². The molecule has 0 saturated carbocycles. The number of hydrogen-bond donors (Lipinski definition) is 0. The van der Waals surface area contributed by atoms with Gasteiger partial charge >= 0.3 is 0 Å². The highest BCUT2D eigenvalue weighted by Gasteiger charge is 2.26. The van der Waals surface area contributed by atoms with Gasteiger partial charge in [-0.1, -0.05) is 18.3 Å². The third-order valence-corrected chi connectivity index (χ3v) is 2.96. The molecule has 0 bridgehead atoms. The van der Waals surface area contributed by atoms with Crippen LogP contribution in [0.15, 0.2) is 0 Å². The van der Waals surface area contributed by atoms with E-state index in [2.05, 4.69) is 9.59 Å². The monoisotopic (exact) mass is 227 g/mol. The zero-order chi connectivity index (χ0) is 10.8. The van der Waals surface area contributed by atoms with E-state index in [0.717, 1.165) is 23.6 Å². The first-order valence-electron chi connectivity index (χ1n) is 4.97. The zero-order valence-corrected chi connectivity index (χ0v) is 9.58. The number of aromatic nitrogens is 2. The predicted octanol–water partition coefficient (Wildman–Crippen LogP) is 1.44. The first-order chi connectivity index (χ1) is 7.20. The highest BCUT2D eigenvalue weighted by atomic mass is 32.1. The van der Waals surface area contributed by atoms with Crippen molar-refractivity contribution in [1.82, 2.24) is 14.7 Å². The fourth-order valence-electron chi connectivity index (χ4n) is 1.44. The smallest absolute Gasteiger partial charge is 0.271 e. The average Bonchev–Trinajstić information content (AvgIpc) is 2.88. The number of hydrogen-bond acceptors (Lipinski definition) is 5. The van der Waals surface area contributed by atoms with Gasteiger partial charge in [0.1, 0.15) is 4.88 Å². The van der Waals surface area contributed by atoms with Gasteiger partial charge in [-0.2, -0.15) is 0 Å². The van der Waals surface area contributed by atoms with E-state index in [9.17, 15) is 4.79 Å². The second-order valence-corrected chi connectivity index (χ2v) is 4.49. The number of nitrogens with zero attached hydrogens (tertiary/aromatic N) is 3. The van der Waals surface area contributed by atoms with Gasteiger partial charge in [0.2, 0.25) is 0 Å². The highest BCUT2D eigenvalue weighted by molar-refractivity contribution is 7.08. The molecule has 1 aromatic rings. The van der Waals surface area contributed by atoms with Gasteiger partial charge in [-0.25, -0.2) is 5.06 Å². The molecule has 1 aliphatic heterocycles. The number of carbonyl (C=O) groups is 1. The third-order valence-electron chi connectivity index (χ3n) is 2.23. The summed E-state index contributed by atoms with van der Waals surface area (Å²) in [5.41, 5.74) is 0.764. The van der Waals surface area contributed by atoms with Crippen LogP contribution in [-0.4, -0.2) is 33.7 Å². The van der Waals surface area contributed by atoms with Gasteiger partial charge < -0.3 is 0 Å². The Labute approximate surface area is 92.2 Å². The Morgan fingerprint density at radius 2 is 2.40 bits per heavy atom. The molecule has 0 N–H and O–H groups in total. The predicted molar refractivity (Wildman–Crippen MR) is 55.6 cm³/mol. The molecule has 0 radical (unpaired) electrons. The van der Waals surface area contributed by atoms with Crippen molar-refractivity contribution in [2.24, 2.45) is 0 Å². The van der Waals surface area contributed by atoms with E-state index in [-0.39, 0.29) is 11.8 Å². The first kappa shape index (κ1) is 10.5.